The van der Waals surface area contributed by atoms with Crippen molar-refractivity contribution in [1.29, 1.82) is 0 Å². The van der Waals surface area contributed by atoms with Gasteiger partial charge in [-0.25, -0.2) is 19.3 Å². The number of hydrogen-bond acceptors (Lipinski definition) is 11. The monoisotopic (exact) mass is 1580 g/mol. The lowest BCUT2D eigenvalue weighted by Crippen LogP contribution is -2.08. The normalized spacial score (nSPS) is 14.2. The van der Waals surface area contributed by atoms with Gasteiger partial charge < -0.3 is 30.1 Å². The van der Waals surface area contributed by atoms with Crippen LogP contribution in [0, 0.1) is 18.7 Å². The van der Waals surface area contributed by atoms with Crippen molar-refractivity contribution < 1.29 is 19.0 Å². The van der Waals surface area contributed by atoms with Gasteiger partial charge in [-0.1, -0.05) is 12.1 Å². The van der Waals surface area contributed by atoms with E-state index in [1.165, 1.54) is 215 Å². The molecule has 7 aromatic carbocycles. The maximum atomic E-state index is 13.7. The van der Waals surface area contributed by atoms with Crippen LogP contribution in [0.5, 0.6) is 11.5 Å². The summed E-state index contributed by atoms with van der Waals surface area (Å²) in [6.45, 7) is 2.11. The van der Waals surface area contributed by atoms with Crippen LogP contribution in [0.3, 0.4) is 0 Å². The number of aryl methyl sites for hydroxylation is 6. The molecule has 13 heterocycles. The average Bonchev–Trinajstić information content (AvgIpc) is 1.39. The molecule has 5 aliphatic rings. The van der Waals surface area contributed by atoms with Crippen molar-refractivity contribution in [3.63, 3.8) is 0 Å². The van der Waals surface area contributed by atoms with Crippen LogP contribution in [-0.2, 0) is 64.2 Å². The minimum absolute atomic E-state index is 0.175. The van der Waals surface area contributed by atoms with Crippen LogP contribution >= 0.6 is 0 Å². The van der Waals surface area contributed by atoms with E-state index in [1.807, 2.05) is 73.6 Å². The smallest absolute Gasteiger partial charge is 0.212 e. The number of hydrogen-bond donors (Lipinski definition) is 7. The molecule has 13 aromatic heterocycles. The number of benzene rings is 7. The van der Waals surface area contributed by atoms with Crippen LogP contribution < -0.4 is 0 Å². The van der Waals surface area contributed by atoms with Crippen molar-refractivity contribution in [1.82, 2.24) is 70.0 Å². The summed E-state index contributed by atoms with van der Waals surface area (Å²) in [7, 11) is 0. The van der Waals surface area contributed by atoms with E-state index in [4.69, 9.17) is 9.97 Å². The highest BCUT2D eigenvalue weighted by atomic mass is 19.1. The van der Waals surface area contributed by atoms with Crippen LogP contribution in [0.15, 0.2) is 219 Å². The Bertz CT molecular complexity index is 7200. The molecule has 0 saturated carbocycles. The first-order valence-corrected chi connectivity index (χ1v) is 42.2. The molecule has 0 unspecified atom stereocenters. The summed E-state index contributed by atoms with van der Waals surface area (Å²) in [5.74, 6) is -0.171. The molecule has 0 aliphatic heterocycles. The number of fused-ring (bicyclic) bond motifs is 25. The van der Waals surface area contributed by atoms with Crippen LogP contribution in [0.25, 0.3) is 165 Å². The van der Waals surface area contributed by atoms with Crippen LogP contribution in [0.1, 0.15) is 126 Å². The minimum Gasteiger partial charge on any atom is -0.508 e. The molecule has 7 N–H and O–H groups in total. The van der Waals surface area contributed by atoms with E-state index in [9.17, 15) is 19.0 Å². The molecule has 16 nitrogen and oxygen atoms in total. The van der Waals surface area contributed by atoms with Gasteiger partial charge in [-0.05, 0) is 349 Å². The van der Waals surface area contributed by atoms with Crippen molar-refractivity contribution in [2.45, 2.75) is 135 Å². The molecule has 0 spiro atoms. The van der Waals surface area contributed by atoms with E-state index < -0.39 is 5.95 Å². The molecule has 590 valence electrons. The third-order valence-electron chi connectivity index (χ3n) is 25.3. The molecule has 0 bridgehead atoms. The zero-order chi connectivity index (χ0) is 80.5. The molecule has 18 heteroatoms. The first-order valence-electron chi connectivity index (χ1n) is 42.2. The number of phenols is 1. The fourth-order valence-electron chi connectivity index (χ4n) is 20.0. The lowest BCUT2D eigenvalue weighted by atomic mass is 9.85. The SMILES string of the molecule is Cc1cc2c(ccc3nc(-c4ccc(O)cc4)c4c(c32)CCCC4)[nH]1.Fc1ccc(-c2[nH]c3ccc4nccc4c3c3c2CCCC3)cn1.Fc1cccc(-c2[nH]c3ccc4nccc4c3c3c2CCCC3)c1.Oc1ccc(-c2nc3ccc4[nH]ncc4c3c3c2CCCC3)nc1.c1cncc(-c2[nH]c3ccc4nccc4c3c3c2CCCC3)c1. The van der Waals surface area contributed by atoms with Crippen molar-refractivity contribution >= 4 is 109 Å². The molecule has 120 heavy (non-hydrogen) atoms. The zero-order valence-electron chi connectivity index (χ0n) is 66.6. The number of halogens is 2. The second-order valence-electron chi connectivity index (χ2n) is 32.6. The largest absolute Gasteiger partial charge is 0.508 e. The molecule has 0 atom stereocenters. The van der Waals surface area contributed by atoms with Gasteiger partial charge in [-0.3, -0.25) is 30.0 Å². The van der Waals surface area contributed by atoms with Crippen LogP contribution in [-0.4, -0.2) is 80.2 Å². The predicted octanol–water partition coefficient (Wildman–Crippen LogP) is 23.9. The first kappa shape index (κ1) is 73.7. The summed E-state index contributed by atoms with van der Waals surface area (Å²) in [5.41, 5.74) is 36.4. The summed E-state index contributed by atoms with van der Waals surface area (Å²) in [6.07, 6.45) is 37.4. The number of aromatic nitrogens is 14. The highest BCUT2D eigenvalue weighted by Gasteiger charge is 2.28. The molecule has 0 fully saturated rings. The second kappa shape index (κ2) is 31.2. The maximum Gasteiger partial charge on any atom is 0.212 e. The summed E-state index contributed by atoms with van der Waals surface area (Å²) in [6, 6.07) is 54.7. The lowest BCUT2D eigenvalue weighted by molar-refractivity contribution is 0.472. The minimum atomic E-state index is -0.446. The van der Waals surface area contributed by atoms with Gasteiger partial charge in [0.05, 0.1) is 74.0 Å². The number of nitrogens with zero attached hydrogens (tertiary/aromatic N) is 9. The van der Waals surface area contributed by atoms with Gasteiger partial charge in [0.25, 0.3) is 0 Å². The van der Waals surface area contributed by atoms with Gasteiger partial charge in [-0.2, -0.15) is 9.49 Å². The topological polar surface area (TPSA) is 235 Å². The summed E-state index contributed by atoms with van der Waals surface area (Å²) < 4.78 is 26.9. The van der Waals surface area contributed by atoms with Crippen molar-refractivity contribution in [2.75, 3.05) is 0 Å². The van der Waals surface area contributed by atoms with Gasteiger partial charge in [0.2, 0.25) is 5.95 Å². The molecular weight excluding hydrogens is 1490 g/mol. The Hall–Kier alpha value is -13.9. The van der Waals surface area contributed by atoms with E-state index in [1.54, 1.807) is 42.6 Å². The summed E-state index contributed by atoms with van der Waals surface area (Å²) in [5, 5.41) is 39.0. The number of aromatic amines is 5. The summed E-state index contributed by atoms with van der Waals surface area (Å²) in [4.78, 5) is 50.2. The van der Waals surface area contributed by atoms with E-state index in [2.05, 4.69) is 152 Å². The van der Waals surface area contributed by atoms with E-state index in [0.717, 1.165) is 159 Å². The molecule has 5 aliphatic carbocycles. The van der Waals surface area contributed by atoms with Gasteiger partial charge in [-0.15, -0.1) is 0 Å². The maximum absolute atomic E-state index is 13.7. The fourth-order valence-corrected chi connectivity index (χ4v) is 20.0. The Labute approximate surface area is 689 Å². The highest BCUT2D eigenvalue weighted by Crippen LogP contribution is 2.45. The average molecular weight is 1580 g/mol. The van der Waals surface area contributed by atoms with E-state index in [0.29, 0.717) is 5.75 Å². The molecular formula is C102H86F2N14O2. The van der Waals surface area contributed by atoms with Crippen LogP contribution in [0.4, 0.5) is 8.78 Å². The van der Waals surface area contributed by atoms with Gasteiger partial charge in [0.15, 0.2) is 0 Å². The third-order valence-corrected chi connectivity index (χ3v) is 25.3. The highest BCUT2D eigenvalue weighted by molar-refractivity contribution is 6.13. The van der Waals surface area contributed by atoms with Crippen molar-refractivity contribution in [3.05, 3.63) is 293 Å². The predicted molar refractivity (Wildman–Crippen MR) is 478 cm³/mol. The van der Waals surface area contributed by atoms with Gasteiger partial charge in [0.1, 0.15) is 17.3 Å². The second-order valence-corrected chi connectivity index (χ2v) is 32.6. The zero-order valence-corrected chi connectivity index (χ0v) is 66.6. The Balaban J connectivity index is 0.0000000928. The van der Waals surface area contributed by atoms with E-state index in [-0.39, 0.29) is 11.6 Å². The Morgan fingerprint density at radius 1 is 0.308 bits per heavy atom. The Morgan fingerprint density at radius 3 is 1.28 bits per heavy atom. The summed E-state index contributed by atoms with van der Waals surface area (Å²) >= 11 is 0. The van der Waals surface area contributed by atoms with Crippen molar-refractivity contribution in [3.8, 4) is 67.9 Å². The number of phenolic OH excluding ortho intramolecular Hbond substituents is 1. The third kappa shape index (κ3) is 13.5. The molecule has 20 aromatic rings. The van der Waals surface area contributed by atoms with Gasteiger partial charge >= 0.3 is 0 Å². The lowest BCUT2D eigenvalue weighted by Gasteiger charge is -2.23. The standard InChI is InChI=1S/C22H20N2O.C21H17FN2.C20H16FN3.C20H17N3.C19H16N4O/c1-13-12-18-19(23-13)10-11-20-21(18)16-4-2-3-5-17(16)22(24-20)14-6-8-15(25)9-7-14;22-14-5-3-4-13(12-14)21-16-7-2-1-6-15(16)20-17-10-11-23-18(17)8-9-19(20)24-21;21-18-8-5-12(11-23-18)20-14-4-2-1-3-13(14)19-15-9-10-22-16(15)6-7-17(19)24-20;1-2-6-15-14(5-1)19-16-9-11-22-17(16)7-8-18(19)23-20(15)13-4-3-10-21-12-13;24-11-5-6-17(20-9-11)19-13-4-2-1-3-12(13)18-14-10-21-23-15(14)7-8-16(18)22-19/h6-12,23,25H,2-5H2,1H3;3-5,8-12,24H,1-2,6-7H2;5-11,24H,1-4H2;3-4,7-12,23H,1-2,5-6H2;5-10,24H,1-4H2,(H,21,23). The molecule has 0 radical (unpaired) electrons. The quantitative estimate of drug-likeness (QED) is 0.0801. The number of H-pyrrole nitrogens is 5. The number of nitrogens with one attached hydrogen (secondary N) is 5. The van der Waals surface area contributed by atoms with E-state index >= 15 is 0 Å². The number of aromatic hydroxyl groups is 2. The molecule has 25 rings (SSSR count). The van der Waals surface area contributed by atoms with Gasteiger partial charge in [0, 0.05) is 147 Å². The Morgan fingerprint density at radius 2 is 0.767 bits per heavy atom. The number of rotatable bonds is 5. The Kier molecular flexibility index (Phi) is 19.2. The van der Waals surface area contributed by atoms with Crippen LogP contribution in [0.2, 0.25) is 0 Å². The molecule has 0 saturated heterocycles. The first-order chi connectivity index (χ1) is 59.0. The number of pyridine rings is 8. The van der Waals surface area contributed by atoms with Crippen molar-refractivity contribution in [2.24, 2.45) is 0 Å². The fraction of sp³-hybridized carbons (Fsp3) is 0.206. The molecule has 0 amide bonds.